The first-order chi connectivity index (χ1) is 12.5. The van der Waals surface area contributed by atoms with Crippen LogP contribution < -0.4 is 20.1 Å². The Bertz CT molecular complexity index is 812. The van der Waals surface area contributed by atoms with Gasteiger partial charge in [0, 0.05) is 18.3 Å². The summed E-state index contributed by atoms with van der Waals surface area (Å²) >= 11 is 0. The summed E-state index contributed by atoms with van der Waals surface area (Å²) in [7, 11) is 1.52. The number of hydrogen-bond acceptors (Lipinski definition) is 5. The highest BCUT2D eigenvalue weighted by Gasteiger charge is 2.28. The predicted molar refractivity (Wildman–Crippen MR) is 95.2 cm³/mol. The lowest BCUT2D eigenvalue weighted by molar-refractivity contribution is -0.117. The Hall–Kier alpha value is -2.64. The number of aliphatic hydroxyl groups is 1. The molecular weight excluding hydrogens is 339 g/mol. The minimum atomic E-state index is -0.607. The summed E-state index contributed by atoms with van der Waals surface area (Å²) in [5.41, 5.74) is 1.32. The first kappa shape index (κ1) is 18.2. The number of aryl methyl sites for hydroxylation is 1. The van der Waals surface area contributed by atoms with Crippen molar-refractivity contribution >= 4 is 11.6 Å². The van der Waals surface area contributed by atoms with E-state index < -0.39 is 18.0 Å². The Kier molecular flexibility index (Phi) is 5.39. The topological polar surface area (TPSA) is 79.8 Å². The van der Waals surface area contributed by atoms with E-state index in [0.29, 0.717) is 30.2 Å². The first-order valence-electron chi connectivity index (χ1n) is 8.30. The van der Waals surface area contributed by atoms with Gasteiger partial charge in [0.25, 0.3) is 0 Å². The van der Waals surface area contributed by atoms with E-state index in [1.54, 1.807) is 18.2 Å². The standard InChI is InChI=1S/C19H21FN2O4/c1-11-3-5-17(18(7-11)25-2)26-16-6-4-12(8-14(16)20)22-19(24)15-9-13(23)10-21-15/h3-8,13,15,21,23H,9-10H2,1-2H3,(H,22,24). The summed E-state index contributed by atoms with van der Waals surface area (Å²) in [6, 6.07) is 9.06. The van der Waals surface area contributed by atoms with Gasteiger partial charge in [0.1, 0.15) is 0 Å². The lowest BCUT2D eigenvalue weighted by Gasteiger charge is -2.14. The second-order valence-corrected chi connectivity index (χ2v) is 6.24. The predicted octanol–water partition coefficient (Wildman–Crippen LogP) is 2.60. The lowest BCUT2D eigenvalue weighted by Crippen LogP contribution is -2.35. The zero-order valence-electron chi connectivity index (χ0n) is 14.6. The van der Waals surface area contributed by atoms with Gasteiger partial charge in [0.2, 0.25) is 5.91 Å². The number of methoxy groups -OCH3 is 1. The van der Waals surface area contributed by atoms with Crippen LogP contribution in [0.2, 0.25) is 0 Å². The van der Waals surface area contributed by atoms with E-state index in [1.165, 1.54) is 19.2 Å². The fourth-order valence-corrected chi connectivity index (χ4v) is 2.79. The normalized spacial score (nSPS) is 19.2. The zero-order valence-corrected chi connectivity index (χ0v) is 14.6. The molecule has 7 heteroatoms. The van der Waals surface area contributed by atoms with Crippen LogP contribution >= 0.6 is 0 Å². The monoisotopic (exact) mass is 360 g/mol. The smallest absolute Gasteiger partial charge is 0.241 e. The Labute approximate surface area is 150 Å². The molecule has 1 amide bonds. The van der Waals surface area contributed by atoms with Crippen LogP contribution in [0.1, 0.15) is 12.0 Å². The van der Waals surface area contributed by atoms with Crippen molar-refractivity contribution in [2.75, 3.05) is 19.0 Å². The minimum Gasteiger partial charge on any atom is -0.493 e. The highest BCUT2D eigenvalue weighted by Crippen LogP contribution is 2.34. The Morgan fingerprint density at radius 3 is 2.65 bits per heavy atom. The van der Waals surface area contributed by atoms with Crippen molar-refractivity contribution in [2.45, 2.75) is 25.5 Å². The molecule has 3 rings (SSSR count). The van der Waals surface area contributed by atoms with Gasteiger partial charge in [0.15, 0.2) is 23.1 Å². The number of anilines is 1. The van der Waals surface area contributed by atoms with E-state index in [-0.39, 0.29) is 11.7 Å². The van der Waals surface area contributed by atoms with E-state index in [0.717, 1.165) is 5.56 Å². The molecule has 0 radical (unpaired) electrons. The molecule has 138 valence electrons. The molecule has 3 N–H and O–H groups in total. The molecule has 2 atom stereocenters. The van der Waals surface area contributed by atoms with Crippen LogP contribution in [0, 0.1) is 12.7 Å². The number of aliphatic hydroxyl groups excluding tert-OH is 1. The van der Waals surface area contributed by atoms with Crippen LogP contribution in [0.5, 0.6) is 17.2 Å². The Morgan fingerprint density at radius 1 is 1.23 bits per heavy atom. The number of carbonyl (C=O) groups is 1. The molecule has 1 heterocycles. The molecule has 1 aliphatic heterocycles. The number of hydrogen-bond donors (Lipinski definition) is 3. The van der Waals surface area contributed by atoms with Crippen LogP contribution in [0.4, 0.5) is 10.1 Å². The number of rotatable bonds is 5. The molecule has 0 aliphatic carbocycles. The molecule has 1 saturated heterocycles. The third-order valence-corrected chi connectivity index (χ3v) is 4.16. The van der Waals surface area contributed by atoms with Gasteiger partial charge < -0.3 is 25.2 Å². The van der Waals surface area contributed by atoms with E-state index >= 15 is 0 Å². The van der Waals surface area contributed by atoms with Crippen molar-refractivity contribution in [3.05, 3.63) is 47.8 Å². The number of carbonyl (C=O) groups excluding carboxylic acids is 1. The van der Waals surface area contributed by atoms with Gasteiger partial charge in [-0.2, -0.15) is 0 Å². The molecule has 1 aliphatic rings. The summed E-state index contributed by atoms with van der Waals surface area (Å²) < 4.78 is 25.2. The quantitative estimate of drug-likeness (QED) is 0.764. The van der Waals surface area contributed by atoms with Gasteiger partial charge in [-0.3, -0.25) is 4.79 Å². The molecule has 0 aromatic heterocycles. The third kappa shape index (κ3) is 4.12. The summed E-state index contributed by atoms with van der Waals surface area (Å²) in [5, 5.41) is 15.0. The fourth-order valence-electron chi connectivity index (χ4n) is 2.79. The molecule has 1 fully saturated rings. The van der Waals surface area contributed by atoms with Gasteiger partial charge in [0.05, 0.1) is 19.3 Å². The second kappa shape index (κ2) is 7.72. The number of nitrogens with one attached hydrogen (secondary N) is 2. The van der Waals surface area contributed by atoms with E-state index in [2.05, 4.69) is 10.6 Å². The van der Waals surface area contributed by atoms with Crippen molar-refractivity contribution < 1.29 is 23.8 Å². The van der Waals surface area contributed by atoms with Crippen LogP contribution in [0.3, 0.4) is 0 Å². The van der Waals surface area contributed by atoms with Crippen LogP contribution in [0.15, 0.2) is 36.4 Å². The van der Waals surface area contributed by atoms with Crippen LogP contribution in [-0.4, -0.2) is 36.8 Å². The molecule has 0 spiro atoms. The summed E-state index contributed by atoms with van der Waals surface area (Å²) in [4.78, 5) is 12.1. The molecule has 0 bridgehead atoms. The molecule has 0 saturated carbocycles. The number of benzene rings is 2. The lowest BCUT2D eigenvalue weighted by atomic mass is 10.2. The van der Waals surface area contributed by atoms with Gasteiger partial charge >= 0.3 is 0 Å². The summed E-state index contributed by atoms with van der Waals surface area (Å²) in [6.07, 6.45) is -0.203. The van der Waals surface area contributed by atoms with Crippen molar-refractivity contribution in [3.63, 3.8) is 0 Å². The van der Waals surface area contributed by atoms with Crippen molar-refractivity contribution in [2.24, 2.45) is 0 Å². The molecule has 2 aromatic rings. The maximum Gasteiger partial charge on any atom is 0.241 e. The first-order valence-corrected chi connectivity index (χ1v) is 8.30. The highest BCUT2D eigenvalue weighted by molar-refractivity contribution is 5.95. The number of halogens is 1. The van der Waals surface area contributed by atoms with Crippen LogP contribution in [0.25, 0.3) is 0 Å². The van der Waals surface area contributed by atoms with Crippen molar-refractivity contribution in [1.29, 1.82) is 0 Å². The summed E-state index contributed by atoms with van der Waals surface area (Å²) in [5.74, 6) is 0.0183. The second-order valence-electron chi connectivity index (χ2n) is 6.24. The van der Waals surface area contributed by atoms with Gasteiger partial charge in [-0.15, -0.1) is 0 Å². The number of ether oxygens (including phenoxy) is 2. The fraction of sp³-hybridized carbons (Fsp3) is 0.316. The van der Waals surface area contributed by atoms with Crippen LogP contribution in [-0.2, 0) is 4.79 Å². The van der Waals surface area contributed by atoms with Crippen molar-refractivity contribution in [3.8, 4) is 17.2 Å². The van der Waals surface area contributed by atoms with E-state index in [4.69, 9.17) is 9.47 Å². The average molecular weight is 360 g/mol. The highest BCUT2D eigenvalue weighted by atomic mass is 19.1. The molecule has 2 unspecified atom stereocenters. The zero-order chi connectivity index (χ0) is 18.7. The third-order valence-electron chi connectivity index (χ3n) is 4.16. The van der Waals surface area contributed by atoms with E-state index in [9.17, 15) is 14.3 Å². The Balaban J connectivity index is 1.71. The maximum atomic E-state index is 14.4. The molecule has 6 nitrogen and oxygen atoms in total. The average Bonchev–Trinajstić information content (AvgIpc) is 3.05. The molecular formula is C19H21FN2O4. The van der Waals surface area contributed by atoms with E-state index in [1.807, 2.05) is 13.0 Å². The van der Waals surface area contributed by atoms with Crippen molar-refractivity contribution in [1.82, 2.24) is 5.32 Å². The Morgan fingerprint density at radius 2 is 2.00 bits per heavy atom. The largest absolute Gasteiger partial charge is 0.493 e. The number of amides is 1. The molecule has 2 aromatic carbocycles. The summed E-state index contributed by atoms with van der Waals surface area (Å²) in [6.45, 7) is 2.29. The molecule has 26 heavy (non-hydrogen) atoms. The number of β-amino-alcohol motifs (C(OH)–C–C–N with tert-alkyl or cyclic N) is 1. The maximum absolute atomic E-state index is 14.4. The SMILES string of the molecule is COc1cc(C)ccc1Oc1ccc(NC(=O)C2CC(O)CN2)cc1F. The van der Waals surface area contributed by atoms with Gasteiger partial charge in [-0.25, -0.2) is 4.39 Å². The minimum absolute atomic E-state index is 0.0274. The van der Waals surface area contributed by atoms with Gasteiger partial charge in [-0.1, -0.05) is 6.07 Å². The van der Waals surface area contributed by atoms with Gasteiger partial charge in [-0.05, 0) is 43.2 Å².